The van der Waals surface area contributed by atoms with Gasteiger partial charge in [0.2, 0.25) is 29.5 Å². The molecule has 8 fully saturated rings. The first-order valence-electron chi connectivity index (χ1n) is 50.0. The van der Waals surface area contributed by atoms with Crippen molar-refractivity contribution < 1.29 is 150 Å². The molecule has 4 saturated carbocycles. The molecule has 14 N–H and O–H groups in total. The number of carboxylic acids is 2. The second kappa shape index (κ2) is 58.7. The smallest absolute Gasteiger partial charge is 0.411 e. The summed E-state index contributed by atoms with van der Waals surface area (Å²) in [4.78, 5) is 202. The monoisotopic (exact) mass is 2090 g/mol. The molecule has 10 amide bonds. The maximum Gasteiger partial charge on any atom is 0.411 e. The fourth-order valence-corrected chi connectivity index (χ4v) is 16.7. The maximum absolute atomic E-state index is 13.6. The van der Waals surface area contributed by atoms with Crippen LogP contribution in [0, 0.1) is 23.7 Å². The number of esters is 4. The summed E-state index contributed by atoms with van der Waals surface area (Å²) in [6, 6.07) is -6.56. The number of halogens is 1. The molecule has 830 valence electrons. The lowest BCUT2D eigenvalue weighted by Crippen LogP contribution is -2.56. The van der Waals surface area contributed by atoms with Crippen molar-refractivity contribution >= 4 is 108 Å². The Hall–Kier alpha value is -10.9. The van der Waals surface area contributed by atoms with Crippen LogP contribution in [0.15, 0.2) is 75.4 Å². The number of aliphatic hydroxyl groups excluding tert-OH is 4. The van der Waals surface area contributed by atoms with Gasteiger partial charge in [0, 0.05) is 62.4 Å². The summed E-state index contributed by atoms with van der Waals surface area (Å²) in [6.45, 7) is 51.9. The number of hydrogen-bond donors (Lipinski definition) is 13. The number of nitrogens with two attached hydrogens (primary N) is 1. The van der Waals surface area contributed by atoms with Crippen LogP contribution in [0.1, 0.15) is 287 Å². The molecule has 0 spiro atoms. The number of carboxylic acid groups (broad SMARTS) is 2. The minimum Gasteiger partial charge on any atom is -0.480 e. The average Bonchev–Trinajstić information content (AvgIpc) is 1.60. The van der Waals surface area contributed by atoms with E-state index >= 15 is 0 Å². The van der Waals surface area contributed by atoms with E-state index in [-0.39, 0.29) is 121 Å². The Bertz CT molecular complexity index is 4460. The van der Waals surface area contributed by atoms with Crippen molar-refractivity contribution in [1.29, 1.82) is 0 Å². The molecule has 5 aliphatic heterocycles. The van der Waals surface area contributed by atoms with E-state index in [1.165, 1.54) is 14.7 Å². The molecule has 0 radical (unpaired) electrons. The molecule has 4 saturated heterocycles. The number of β-amino-alcohol motifs (C(OH)–C–C–N with tert-alkyl or cyclic N) is 3. The summed E-state index contributed by atoms with van der Waals surface area (Å²) in [7, 11) is 0. The third-order valence-corrected chi connectivity index (χ3v) is 24.2. The van der Waals surface area contributed by atoms with Gasteiger partial charge >= 0.3 is 66.3 Å². The molecule has 4 aliphatic carbocycles. The summed E-state index contributed by atoms with van der Waals surface area (Å²) in [5.74, 6) is -7.06. The molecule has 43 heteroatoms. The van der Waals surface area contributed by atoms with Gasteiger partial charge in [0.05, 0.1) is 63.9 Å². The number of allylic oxidation sites excluding steroid dienone is 3. The van der Waals surface area contributed by atoms with Crippen LogP contribution >= 0.6 is 12.4 Å². The number of likely N-dealkylation sites (tertiary alicyclic amines) is 3. The van der Waals surface area contributed by atoms with E-state index in [4.69, 9.17) is 58.6 Å². The number of rotatable bonds is 33. The van der Waals surface area contributed by atoms with Gasteiger partial charge in [-0.25, -0.2) is 47.9 Å². The van der Waals surface area contributed by atoms with E-state index in [1.807, 2.05) is 24.3 Å². The van der Waals surface area contributed by atoms with E-state index in [0.29, 0.717) is 64.4 Å². The number of aliphatic carboxylic acids is 2. The predicted molar refractivity (Wildman–Crippen MR) is 544 cm³/mol. The van der Waals surface area contributed by atoms with Crippen molar-refractivity contribution in [2.24, 2.45) is 29.4 Å². The van der Waals surface area contributed by atoms with E-state index in [0.717, 1.165) is 69.1 Å². The van der Waals surface area contributed by atoms with E-state index < -0.39 is 207 Å². The number of ether oxygens (including phenoxy) is 9. The van der Waals surface area contributed by atoms with Crippen molar-refractivity contribution in [2.45, 2.75) is 404 Å². The highest BCUT2D eigenvalue weighted by Gasteiger charge is 2.65. The normalized spacial score (nSPS) is 26.8. The van der Waals surface area contributed by atoms with Crippen molar-refractivity contribution in [3.63, 3.8) is 0 Å². The van der Waals surface area contributed by atoms with Crippen LogP contribution < -0.4 is 37.6 Å². The van der Waals surface area contributed by atoms with Crippen LogP contribution in [0.4, 0.5) is 24.0 Å². The highest BCUT2D eigenvalue weighted by molar-refractivity contribution is 5.99. The number of carbonyl (C=O) groups is 16. The van der Waals surface area contributed by atoms with Gasteiger partial charge in [0.15, 0.2) is 0 Å². The quantitative estimate of drug-likeness (QED) is 0.0126. The molecule has 9 aliphatic rings. The number of unbranched alkanes of at least 4 members (excludes halogenated alkanes) is 6. The molecule has 0 aromatic carbocycles. The number of alkyl carbamates (subject to hydrolysis) is 3. The predicted octanol–water partition coefficient (Wildman–Crippen LogP) is 10.4. The second-order valence-corrected chi connectivity index (χ2v) is 42.3. The molecular formula is C103H170ClN11O31. The summed E-state index contributed by atoms with van der Waals surface area (Å²) in [6.07, 6.45) is 18.9. The summed E-state index contributed by atoms with van der Waals surface area (Å²) >= 11 is 0. The number of fused-ring (bicyclic) bond motifs is 2. The molecule has 0 bridgehead atoms. The number of aliphatic hydroxyl groups is 4. The SMILES string of the molecule is C.C=CC1C[C@]1(N)C(=O)OCC.C=CC1C[C@]1(NC(=O)[C@@H]1C[C@@H](O)CN1C(=O)OC(C)(C)C)C(=O)OCC.C=CCCCCC[C@H](NC(=O)OC(C)(C)C)C(=O)N1C[C@H](O)C[C@H]1C(=O)N[C@]1(C(=O)OCC)C[C@H]1C=C.C=CCCCCC[C@H](NC(=O)OC(C)(C)C)C(=O)O.CC(C)(C)OC(=O)N1C[C@H](O)C[C@H]1C(=O)O.CCOC(=O)[C@@]12C[C@H]1/C=C\CCCCC[C@H](NC(=O)OC(C)(C)C)C(=O)N1C[C@H](O)C[C@H]1C(=O)N2.Cl. The molecule has 0 aromatic heterocycles. The number of carbonyl (C=O) groups excluding carboxylic acids is 14. The maximum atomic E-state index is 13.6. The molecule has 9 rings (SSSR count). The highest BCUT2D eigenvalue weighted by Crippen LogP contribution is 2.49. The second-order valence-electron chi connectivity index (χ2n) is 42.3. The van der Waals surface area contributed by atoms with Gasteiger partial charge in [0.1, 0.15) is 92.5 Å². The molecule has 2 unspecified atom stereocenters. The molecule has 5 heterocycles. The largest absolute Gasteiger partial charge is 0.480 e. The third-order valence-electron chi connectivity index (χ3n) is 24.2. The Kier molecular flexibility index (Phi) is 52.7. The fourth-order valence-electron chi connectivity index (χ4n) is 16.7. The first-order chi connectivity index (χ1) is 67.0. The summed E-state index contributed by atoms with van der Waals surface area (Å²) < 4.78 is 46.4. The van der Waals surface area contributed by atoms with E-state index in [9.17, 15) is 97.1 Å². The third kappa shape index (κ3) is 42.0. The number of nitrogens with one attached hydrogen (secondary N) is 6. The first-order valence-corrected chi connectivity index (χ1v) is 50.0. The topological polar surface area (TPSA) is 589 Å². The van der Waals surface area contributed by atoms with Crippen molar-refractivity contribution in [1.82, 2.24) is 51.5 Å². The van der Waals surface area contributed by atoms with Crippen molar-refractivity contribution in [2.75, 3.05) is 52.6 Å². The minimum atomic E-state index is -1.21. The Morgan fingerprint density at radius 1 is 0.486 bits per heavy atom. The Morgan fingerprint density at radius 2 is 0.884 bits per heavy atom. The van der Waals surface area contributed by atoms with Gasteiger partial charge < -0.3 is 121 Å². The Morgan fingerprint density at radius 3 is 1.29 bits per heavy atom. The van der Waals surface area contributed by atoms with Gasteiger partial charge in [-0.15, -0.1) is 45.3 Å². The Labute approximate surface area is 866 Å². The number of amides is 10. The molecule has 146 heavy (non-hydrogen) atoms. The fraction of sp³-hybridized carbons (Fsp3) is 0.728. The van der Waals surface area contributed by atoms with Crippen LogP contribution in [0.5, 0.6) is 0 Å². The van der Waals surface area contributed by atoms with Gasteiger partial charge in [-0.3, -0.25) is 38.6 Å². The van der Waals surface area contributed by atoms with Crippen LogP contribution in [0.3, 0.4) is 0 Å². The van der Waals surface area contributed by atoms with Crippen molar-refractivity contribution in [3.05, 3.63) is 75.4 Å². The molecule has 19 atom stereocenters. The zero-order chi connectivity index (χ0) is 109. The standard InChI is InChI=1S/C27H43N3O7.C25H39N3O7.C18H28N2O6.C14H25NO4.C10H17NO5.C8H13NO2.CH4.ClH/c1-7-10-11-12-13-14-20(28-25(35)37-26(4,5)6)23(33)30-17-19(31)15-21(30)22(32)29-27(16-18(27)8-2)24(34)36-9-3;1-5-34-22(32)25-14-16(25)11-9-7-6-8-10-12-18(26-23(33)35-24(2,3)4)21(31)28-15-17(29)13-19(28)20(30)27-25;1-6-11-9-18(11,15(23)25-7-2)19-14(22)13-8-12(21)10-20(13)16(24)26-17(3,4)5;1-5-6-7-8-9-10-11(12(16)17)15-13(18)19-14(2,3)4;1-10(2,3)16-9(15)11-5-6(12)4-7(11)8(13)14;1-3-6-5-8(6,9)7(10)11-4-2;;/h7-8,18-21,31H,1-2,9-17H2,3-6H3,(H,28,35)(H,29,32);9,11,16-19,29H,5-8,10,12-15H2,1-4H3,(H,26,33)(H,27,30);6,11-13,21H,1,7-10H2,2-5H3,(H,19,22);5,11H,1,6-10H2,2-4H3,(H,15,18)(H,16,17);6-7,12H,4-5H2,1-3H3,(H,13,14);3,6H,1,4-5,9H2,2H3;1H4;1H/b;11-9-;;;;;;/t18-,19-,20+,21+,27-;16-,17-,18+,19+,25-;11?,12-,13+,18-;11-;6-,7+;6?,8-;;/m111011../s1. The van der Waals surface area contributed by atoms with Gasteiger partial charge in [-0.05, 0) is 215 Å². The number of nitrogens with zero attached hydrogens (tertiary/aromatic N) is 4. The van der Waals surface area contributed by atoms with Crippen LogP contribution in [0.2, 0.25) is 0 Å². The van der Waals surface area contributed by atoms with Crippen molar-refractivity contribution in [3.8, 4) is 0 Å². The van der Waals surface area contributed by atoms with Gasteiger partial charge in [-0.2, -0.15) is 0 Å². The first kappa shape index (κ1) is 131. The summed E-state index contributed by atoms with van der Waals surface area (Å²) in [5, 5.41) is 73.9. The lowest BCUT2D eigenvalue weighted by atomic mass is 10.0. The van der Waals surface area contributed by atoms with Crippen LogP contribution in [-0.2, 0) is 95.4 Å². The average molecular weight is 2090 g/mol. The lowest BCUT2D eigenvalue weighted by molar-refractivity contribution is -0.150. The Balaban J connectivity index is 0.000000614. The summed E-state index contributed by atoms with van der Waals surface area (Å²) in [5.41, 5.74) is -2.07. The van der Waals surface area contributed by atoms with Crippen LogP contribution in [-0.4, -0.2) is 316 Å². The minimum absolute atomic E-state index is 0. The zero-order valence-electron chi connectivity index (χ0n) is 88.3. The van der Waals surface area contributed by atoms with Gasteiger partial charge in [0.25, 0.3) is 0 Å². The molecular weight excluding hydrogens is 1920 g/mol. The highest BCUT2D eigenvalue weighted by atomic mass is 35.5. The van der Waals surface area contributed by atoms with E-state index in [1.54, 1.807) is 150 Å². The zero-order valence-corrected chi connectivity index (χ0v) is 89.1. The van der Waals surface area contributed by atoms with Gasteiger partial charge in [-0.1, -0.05) is 88.5 Å². The number of hydrogen-bond acceptors (Lipinski definition) is 30. The lowest BCUT2D eigenvalue weighted by Gasteiger charge is -2.30. The molecule has 42 nitrogen and oxygen atoms in total. The van der Waals surface area contributed by atoms with E-state index in [2.05, 4.69) is 64.8 Å². The molecule has 0 aromatic rings. The van der Waals surface area contributed by atoms with Crippen LogP contribution in [0.25, 0.3) is 0 Å².